The van der Waals surface area contributed by atoms with Gasteiger partial charge in [0.05, 0.1) is 0 Å². The topological polar surface area (TPSA) is 78.4 Å². The molecule has 2 aromatic heterocycles. The molecule has 7 nitrogen and oxygen atoms in total. The molecule has 0 radical (unpaired) electrons. The van der Waals surface area contributed by atoms with Gasteiger partial charge in [0, 0.05) is 49.1 Å². The van der Waals surface area contributed by atoms with E-state index >= 15 is 0 Å². The molecule has 1 atom stereocenters. The number of nitrogens with zero attached hydrogens (tertiary/aromatic N) is 3. The highest BCUT2D eigenvalue weighted by molar-refractivity contribution is 5.82. The Morgan fingerprint density at radius 1 is 1.21 bits per heavy atom. The van der Waals surface area contributed by atoms with Gasteiger partial charge in [-0.2, -0.15) is 0 Å². The maximum absolute atomic E-state index is 12.8. The van der Waals surface area contributed by atoms with Crippen molar-refractivity contribution in [3.8, 4) is 0 Å². The molecule has 1 saturated heterocycles. The largest absolute Gasteiger partial charge is 0.367 e. The number of H-pyrrole nitrogens is 1. The van der Waals surface area contributed by atoms with E-state index in [1.807, 2.05) is 24.1 Å². The smallest absolute Gasteiger partial charge is 0.275 e. The highest BCUT2D eigenvalue weighted by Gasteiger charge is 2.25. The van der Waals surface area contributed by atoms with E-state index in [4.69, 9.17) is 0 Å². The second kappa shape index (κ2) is 10.8. The van der Waals surface area contributed by atoms with Crippen molar-refractivity contribution in [1.29, 1.82) is 0 Å². The van der Waals surface area contributed by atoms with Crippen LogP contribution < -0.4 is 10.5 Å². The number of aromatic nitrogens is 2. The number of allylic oxidation sites excluding steroid dienone is 1. The molecule has 0 aliphatic carbocycles. The zero-order valence-electron chi connectivity index (χ0n) is 19.0. The molecule has 3 aromatic rings. The molecule has 174 valence electrons. The number of rotatable bonds is 6. The standard InChI is InChI=1S/C13H16N2O.C12H13FN2O2/c1-4-6-15-8-10(5-2)11-7-9(3)14-12(11)13(15)16;13-10-1-3-11(4-2-10)14-5-6-15(9-17)12(7-14)8-16/h4,7-8,14H,1,5-6H2,2-3H3;1-4,8-9,12H,5-7H2. The monoisotopic (exact) mass is 452 g/mol. The van der Waals surface area contributed by atoms with Crippen molar-refractivity contribution in [2.24, 2.45) is 0 Å². The fraction of sp³-hybridized carbons (Fsp3) is 0.320. The van der Waals surface area contributed by atoms with Crippen molar-refractivity contribution >= 4 is 29.3 Å². The molecule has 0 spiro atoms. The van der Waals surface area contributed by atoms with Crippen molar-refractivity contribution in [2.75, 3.05) is 24.5 Å². The first-order valence-electron chi connectivity index (χ1n) is 10.9. The third kappa shape index (κ3) is 5.39. The number of anilines is 1. The van der Waals surface area contributed by atoms with E-state index in [-0.39, 0.29) is 11.4 Å². The quantitative estimate of drug-likeness (QED) is 0.461. The zero-order chi connectivity index (χ0) is 24.0. The molecule has 0 bridgehead atoms. The average Bonchev–Trinajstić information content (AvgIpc) is 3.23. The third-order valence-corrected chi connectivity index (χ3v) is 5.74. The highest BCUT2D eigenvalue weighted by atomic mass is 19.1. The highest BCUT2D eigenvalue weighted by Crippen LogP contribution is 2.19. The molecule has 4 rings (SSSR count). The number of fused-ring (bicyclic) bond motifs is 1. The number of piperazine rings is 1. The van der Waals surface area contributed by atoms with Gasteiger partial charge in [0.15, 0.2) is 0 Å². The first kappa shape index (κ1) is 24.0. The van der Waals surface area contributed by atoms with Gasteiger partial charge in [0.2, 0.25) is 6.41 Å². The van der Waals surface area contributed by atoms with Gasteiger partial charge >= 0.3 is 0 Å². The summed E-state index contributed by atoms with van der Waals surface area (Å²) < 4.78 is 14.5. The minimum Gasteiger partial charge on any atom is -0.367 e. The van der Waals surface area contributed by atoms with Crippen LogP contribution in [0.15, 0.2) is 54.0 Å². The Morgan fingerprint density at radius 2 is 1.94 bits per heavy atom. The Hall–Kier alpha value is -3.68. The fourth-order valence-electron chi connectivity index (χ4n) is 3.99. The lowest BCUT2D eigenvalue weighted by atomic mass is 10.1. The number of amides is 1. The van der Waals surface area contributed by atoms with Crippen molar-refractivity contribution in [3.05, 3.63) is 76.6 Å². The summed E-state index contributed by atoms with van der Waals surface area (Å²) in [6, 6.07) is 7.73. The number of aryl methyl sites for hydroxylation is 2. The summed E-state index contributed by atoms with van der Waals surface area (Å²) in [5.74, 6) is -0.285. The van der Waals surface area contributed by atoms with Gasteiger partial charge in [-0.3, -0.25) is 9.59 Å². The Labute approximate surface area is 192 Å². The third-order valence-electron chi connectivity index (χ3n) is 5.74. The van der Waals surface area contributed by atoms with E-state index in [9.17, 15) is 18.8 Å². The molecule has 1 aliphatic heterocycles. The van der Waals surface area contributed by atoms with Gasteiger partial charge in [0.1, 0.15) is 23.7 Å². The maximum Gasteiger partial charge on any atom is 0.275 e. The van der Waals surface area contributed by atoms with Crippen molar-refractivity contribution < 1.29 is 14.0 Å². The van der Waals surface area contributed by atoms with Gasteiger partial charge in [0.25, 0.3) is 5.56 Å². The van der Waals surface area contributed by atoms with Gasteiger partial charge < -0.3 is 24.1 Å². The minimum absolute atomic E-state index is 0.0280. The van der Waals surface area contributed by atoms with Crippen LogP contribution in [0.4, 0.5) is 10.1 Å². The van der Waals surface area contributed by atoms with E-state index < -0.39 is 6.04 Å². The number of pyridine rings is 1. The average molecular weight is 453 g/mol. The number of aldehydes is 1. The van der Waals surface area contributed by atoms with Crippen LogP contribution in [0.25, 0.3) is 10.9 Å². The number of halogens is 1. The SMILES string of the molecule is C=CCn1cc(CC)c2cc(C)[nH]c2c1=O.O=CC1CN(c2ccc(F)cc2)CCN1C=O. The Bertz CT molecular complexity index is 1180. The van der Waals surface area contributed by atoms with Crippen LogP contribution in [0.1, 0.15) is 18.2 Å². The molecule has 33 heavy (non-hydrogen) atoms. The van der Waals surface area contributed by atoms with Crippen LogP contribution in [0.3, 0.4) is 0 Å². The molecule has 1 aliphatic rings. The van der Waals surface area contributed by atoms with Gasteiger partial charge in [-0.15, -0.1) is 6.58 Å². The van der Waals surface area contributed by atoms with Crippen LogP contribution in [0.2, 0.25) is 0 Å². The summed E-state index contributed by atoms with van der Waals surface area (Å²) in [6.45, 7) is 9.89. The number of aromatic amines is 1. The number of benzene rings is 1. The van der Waals surface area contributed by atoms with E-state index in [2.05, 4.69) is 18.5 Å². The van der Waals surface area contributed by atoms with Gasteiger partial charge in [-0.1, -0.05) is 13.0 Å². The fourth-order valence-corrected chi connectivity index (χ4v) is 3.99. The first-order valence-corrected chi connectivity index (χ1v) is 10.9. The summed E-state index contributed by atoms with van der Waals surface area (Å²) in [5.41, 5.74) is 3.82. The van der Waals surface area contributed by atoms with Crippen molar-refractivity contribution in [2.45, 2.75) is 32.9 Å². The predicted octanol–water partition coefficient (Wildman–Crippen LogP) is 3.06. The first-order chi connectivity index (χ1) is 15.9. The van der Waals surface area contributed by atoms with Crippen LogP contribution in [-0.4, -0.2) is 52.8 Å². The van der Waals surface area contributed by atoms with E-state index in [0.29, 0.717) is 38.1 Å². The second-order valence-electron chi connectivity index (χ2n) is 7.96. The Morgan fingerprint density at radius 3 is 2.55 bits per heavy atom. The van der Waals surface area contributed by atoms with Crippen LogP contribution >= 0.6 is 0 Å². The number of hydrogen-bond donors (Lipinski definition) is 1. The lowest BCUT2D eigenvalue weighted by Gasteiger charge is -2.38. The summed E-state index contributed by atoms with van der Waals surface area (Å²) in [4.78, 5) is 40.3. The summed E-state index contributed by atoms with van der Waals surface area (Å²) in [7, 11) is 0. The van der Waals surface area contributed by atoms with Crippen LogP contribution in [0, 0.1) is 12.7 Å². The van der Waals surface area contributed by atoms with E-state index in [1.54, 1.807) is 22.8 Å². The lowest BCUT2D eigenvalue weighted by molar-refractivity contribution is -0.125. The lowest BCUT2D eigenvalue weighted by Crippen LogP contribution is -2.53. The molecular weight excluding hydrogens is 423 g/mol. The number of nitrogens with one attached hydrogen (secondary N) is 1. The molecule has 0 saturated carbocycles. The van der Waals surface area contributed by atoms with Crippen molar-refractivity contribution in [1.82, 2.24) is 14.5 Å². The minimum atomic E-state index is -0.425. The molecule has 1 unspecified atom stereocenters. The summed E-state index contributed by atoms with van der Waals surface area (Å²) in [6.07, 6.45) is 6.05. The number of carbonyl (C=O) groups is 2. The van der Waals surface area contributed by atoms with Crippen LogP contribution in [0.5, 0.6) is 0 Å². The van der Waals surface area contributed by atoms with Crippen LogP contribution in [-0.2, 0) is 22.6 Å². The Balaban J connectivity index is 0.000000186. The summed E-state index contributed by atoms with van der Waals surface area (Å²) >= 11 is 0. The maximum atomic E-state index is 12.8. The number of carbonyl (C=O) groups excluding carboxylic acids is 2. The van der Waals surface area contributed by atoms with E-state index in [0.717, 1.165) is 29.5 Å². The molecule has 8 heteroatoms. The molecule has 1 fully saturated rings. The molecule has 1 N–H and O–H groups in total. The van der Waals surface area contributed by atoms with Gasteiger partial charge in [-0.25, -0.2) is 4.39 Å². The van der Waals surface area contributed by atoms with Gasteiger partial charge in [-0.05, 0) is 49.2 Å². The summed E-state index contributed by atoms with van der Waals surface area (Å²) in [5, 5.41) is 1.05. The normalized spacial score (nSPS) is 15.7. The molecule has 1 amide bonds. The molecular formula is C25H29FN4O3. The zero-order valence-corrected chi connectivity index (χ0v) is 19.0. The molecule has 3 heterocycles. The number of hydrogen-bond acceptors (Lipinski definition) is 4. The molecule has 1 aromatic carbocycles. The van der Waals surface area contributed by atoms with E-state index in [1.165, 1.54) is 22.6 Å². The second-order valence-corrected chi connectivity index (χ2v) is 7.96. The van der Waals surface area contributed by atoms with Crippen molar-refractivity contribution in [3.63, 3.8) is 0 Å². The predicted molar refractivity (Wildman–Crippen MR) is 128 cm³/mol. The Kier molecular flexibility index (Phi) is 7.82.